The summed E-state index contributed by atoms with van der Waals surface area (Å²) in [5, 5.41) is 9.70. The highest BCUT2D eigenvalue weighted by Gasteiger charge is 2.59. The third kappa shape index (κ3) is 4.58. The van der Waals surface area contributed by atoms with Crippen molar-refractivity contribution in [3.8, 4) is 17.2 Å². The van der Waals surface area contributed by atoms with Gasteiger partial charge in [-0.1, -0.05) is 12.1 Å². The predicted octanol–water partition coefficient (Wildman–Crippen LogP) is 5.28. The molecule has 5 rings (SSSR count). The molecule has 35 heavy (non-hydrogen) atoms. The van der Waals surface area contributed by atoms with E-state index in [1.807, 2.05) is 12.1 Å². The number of nitrogens with zero attached hydrogens (tertiary/aromatic N) is 4. The van der Waals surface area contributed by atoms with Crippen LogP contribution in [-0.2, 0) is 6.54 Å². The molecule has 1 atom stereocenters. The number of fused-ring (bicyclic) bond motifs is 1. The van der Waals surface area contributed by atoms with Gasteiger partial charge in [-0.2, -0.15) is 15.9 Å². The van der Waals surface area contributed by atoms with Crippen LogP contribution in [-0.4, -0.2) is 67.2 Å². The van der Waals surface area contributed by atoms with Crippen LogP contribution in [0.3, 0.4) is 0 Å². The normalized spacial score (nSPS) is 26.1. The Bertz CT molecular complexity index is 1200. The lowest BCUT2D eigenvalue weighted by Crippen LogP contribution is -2.37. The number of anilines is 2. The van der Waals surface area contributed by atoms with Gasteiger partial charge >= 0.3 is 0 Å². The number of alkyl halides is 2. The summed E-state index contributed by atoms with van der Waals surface area (Å²) in [7, 11) is -4.42. The van der Waals surface area contributed by atoms with Crippen LogP contribution in [0.15, 0.2) is 36.4 Å². The van der Waals surface area contributed by atoms with Gasteiger partial charge in [0.25, 0.3) is 5.92 Å². The zero-order valence-electron chi connectivity index (χ0n) is 19.1. The quantitative estimate of drug-likeness (QED) is 0.416. The maximum atomic E-state index is 13.5. The van der Waals surface area contributed by atoms with E-state index >= 15 is 0 Å². The van der Waals surface area contributed by atoms with Gasteiger partial charge in [0.1, 0.15) is 0 Å². The van der Waals surface area contributed by atoms with Gasteiger partial charge in [-0.15, -0.1) is 0 Å². The molecule has 0 aromatic heterocycles. The summed E-state index contributed by atoms with van der Waals surface area (Å²) in [6.07, 6.45) is -0.260. The van der Waals surface area contributed by atoms with Crippen molar-refractivity contribution in [2.75, 3.05) is 46.8 Å². The molecule has 12 heteroatoms. The van der Waals surface area contributed by atoms with Gasteiger partial charge in [-0.05, 0) is 51.9 Å². The Labute approximate surface area is 206 Å². The van der Waals surface area contributed by atoms with Crippen LogP contribution in [0, 0.1) is 17.2 Å². The van der Waals surface area contributed by atoms with Gasteiger partial charge in [-0.3, -0.25) is 31.7 Å². The van der Waals surface area contributed by atoms with Gasteiger partial charge in [0.05, 0.1) is 34.5 Å². The fourth-order valence-electron chi connectivity index (χ4n) is 4.64. The number of benzene rings is 2. The molecule has 4 N–H and O–H groups in total. The summed E-state index contributed by atoms with van der Waals surface area (Å²) in [6.45, 7) is 1.61. The van der Waals surface area contributed by atoms with Gasteiger partial charge in [-0.25, -0.2) is 8.78 Å². The number of hydrogen-bond donors (Lipinski definition) is 4. The molecular weight excluding hydrogens is 498 g/mol. The molecule has 0 amide bonds. The van der Waals surface area contributed by atoms with E-state index in [1.54, 1.807) is 24.3 Å². The summed E-state index contributed by atoms with van der Waals surface area (Å²) < 4.78 is 70.9. The average molecular weight is 527 g/mol. The van der Waals surface area contributed by atoms with E-state index in [2.05, 4.69) is 11.0 Å². The van der Waals surface area contributed by atoms with E-state index in [1.165, 1.54) is 15.7 Å². The zero-order valence-corrected chi connectivity index (χ0v) is 20.8. The predicted molar refractivity (Wildman–Crippen MR) is 136 cm³/mol. The highest BCUT2D eigenvalue weighted by Crippen LogP contribution is 2.63. The first-order chi connectivity index (χ1) is 16.4. The molecule has 1 saturated carbocycles. The van der Waals surface area contributed by atoms with E-state index < -0.39 is 33.4 Å². The van der Waals surface area contributed by atoms with E-state index in [-0.39, 0.29) is 13.0 Å². The minimum Gasteiger partial charge on any atom is -0.299 e. The lowest BCUT2D eigenvalue weighted by Gasteiger charge is -2.42. The molecule has 1 saturated heterocycles. The number of hydrogen-bond acceptors (Lipinski definition) is 8. The maximum Gasteiger partial charge on any atom is 0.253 e. The van der Waals surface area contributed by atoms with Crippen LogP contribution in [0.1, 0.15) is 17.5 Å². The summed E-state index contributed by atoms with van der Waals surface area (Å²) in [4.78, 5) is 2.14. The van der Waals surface area contributed by atoms with Crippen molar-refractivity contribution in [1.29, 1.82) is 5.26 Å². The second-order valence-corrected chi connectivity index (χ2v) is 13.8. The molecule has 8 nitrogen and oxygen atoms in total. The molecule has 2 fully saturated rings. The van der Waals surface area contributed by atoms with Crippen molar-refractivity contribution in [2.24, 2.45) is 5.92 Å². The first kappa shape index (κ1) is 24.6. The molecule has 0 radical (unpaired) electrons. The third-order valence-corrected chi connectivity index (χ3v) is 10.5. The summed E-state index contributed by atoms with van der Waals surface area (Å²) >= 11 is 0. The van der Waals surface area contributed by atoms with E-state index in [0.717, 1.165) is 5.56 Å². The summed E-state index contributed by atoms with van der Waals surface area (Å²) in [5.74, 6) is -2.98. The van der Waals surface area contributed by atoms with Crippen LogP contribution in [0.5, 0.6) is 0 Å². The number of nitriles is 1. The van der Waals surface area contributed by atoms with Crippen LogP contribution in [0.4, 0.5) is 20.2 Å². The first-order valence-electron chi connectivity index (χ1n) is 11.2. The van der Waals surface area contributed by atoms with E-state index in [0.29, 0.717) is 59.2 Å². The van der Waals surface area contributed by atoms with Gasteiger partial charge < -0.3 is 0 Å². The van der Waals surface area contributed by atoms with Crippen LogP contribution in [0.2, 0.25) is 0 Å². The average Bonchev–Trinajstić information content (AvgIpc) is 3.37. The SMILES string of the molecule is CN1c2cc(-c3cc(CN4CCS(O)(O)CC4)ccc3C#N)ccc2N(CC2CC2(F)F)S1(O)O. The van der Waals surface area contributed by atoms with Crippen molar-refractivity contribution in [3.63, 3.8) is 0 Å². The second-order valence-electron chi connectivity index (χ2n) is 9.39. The Morgan fingerprint density at radius 1 is 1.06 bits per heavy atom. The van der Waals surface area contributed by atoms with E-state index in [4.69, 9.17) is 0 Å². The van der Waals surface area contributed by atoms with E-state index in [9.17, 15) is 32.3 Å². The van der Waals surface area contributed by atoms with Crippen LogP contribution in [0.25, 0.3) is 11.1 Å². The Morgan fingerprint density at radius 3 is 2.37 bits per heavy atom. The van der Waals surface area contributed by atoms with Crippen molar-refractivity contribution in [1.82, 2.24) is 4.90 Å². The molecule has 2 aromatic rings. The monoisotopic (exact) mass is 526 g/mol. The molecule has 2 aromatic carbocycles. The standard InChI is InChI=1S/C23H28F2N4O4S2/c1-27-22-11-17(4-5-21(22)29(35(27,32)33)15-19-12-23(19,24)25)20-10-16(2-3-18(20)13-26)14-28-6-8-34(30,31)9-7-28/h2-5,10-11,19,30-33H,6-9,12,14-15H2,1H3. The fraction of sp³-hybridized carbons (Fsp3) is 0.435. The first-order valence-corrected chi connectivity index (χ1v) is 14.6. The van der Waals surface area contributed by atoms with Crippen molar-refractivity contribution in [3.05, 3.63) is 47.5 Å². The summed E-state index contributed by atoms with van der Waals surface area (Å²) in [5.41, 5.74) is 3.79. The Balaban J connectivity index is 1.43. The van der Waals surface area contributed by atoms with Crippen molar-refractivity contribution in [2.45, 2.75) is 18.9 Å². The Kier molecular flexibility index (Phi) is 5.96. The van der Waals surface area contributed by atoms with Crippen molar-refractivity contribution >= 4 is 32.9 Å². The largest absolute Gasteiger partial charge is 0.299 e. The highest BCUT2D eigenvalue weighted by molar-refractivity contribution is 8.27. The van der Waals surface area contributed by atoms with Crippen LogP contribution >= 0.6 is 21.6 Å². The number of rotatable bonds is 5. The Hall–Kier alpha value is -2.11. The molecule has 0 bridgehead atoms. The van der Waals surface area contributed by atoms with Crippen LogP contribution < -0.4 is 8.61 Å². The Morgan fingerprint density at radius 2 is 1.74 bits per heavy atom. The molecule has 0 spiro atoms. The topological polar surface area (TPSA) is 114 Å². The highest BCUT2D eigenvalue weighted by atomic mass is 32.3. The molecular formula is C23H28F2N4O4S2. The molecule has 2 heterocycles. The second kappa shape index (κ2) is 8.48. The number of halogens is 2. The zero-order chi connectivity index (χ0) is 25.2. The third-order valence-electron chi connectivity index (χ3n) is 6.98. The van der Waals surface area contributed by atoms with Gasteiger partial charge in [0.2, 0.25) is 0 Å². The smallest absolute Gasteiger partial charge is 0.253 e. The molecule has 3 aliphatic rings. The van der Waals surface area contributed by atoms with Crippen molar-refractivity contribution < 1.29 is 27.0 Å². The maximum absolute atomic E-state index is 13.5. The van der Waals surface area contributed by atoms with Gasteiger partial charge in [0, 0.05) is 45.6 Å². The lowest BCUT2D eigenvalue weighted by atomic mass is 9.96. The lowest BCUT2D eigenvalue weighted by molar-refractivity contribution is 0.101. The fourth-order valence-corrected chi connectivity index (χ4v) is 7.45. The minimum absolute atomic E-state index is 0.147. The molecule has 190 valence electrons. The summed E-state index contributed by atoms with van der Waals surface area (Å²) in [6, 6.07) is 13.0. The molecule has 1 unspecified atom stereocenters. The molecule has 2 aliphatic heterocycles. The van der Waals surface area contributed by atoms with Gasteiger partial charge in [0.15, 0.2) is 0 Å². The molecule has 1 aliphatic carbocycles. The minimum atomic E-state index is -3.46.